The summed E-state index contributed by atoms with van der Waals surface area (Å²) in [5.74, 6) is 0.600. The average molecular weight is 195 g/mol. The van der Waals surface area contributed by atoms with Gasteiger partial charge in [-0.05, 0) is 12.8 Å². The van der Waals surface area contributed by atoms with Crippen LogP contribution in [-0.2, 0) is 6.42 Å². The fraction of sp³-hybridized carbons (Fsp3) is 0.600. The van der Waals surface area contributed by atoms with Gasteiger partial charge in [0.05, 0.1) is 6.04 Å². The van der Waals surface area contributed by atoms with Crippen LogP contribution in [0.15, 0.2) is 10.9 Å². The van der Waals surface area contributed by atoms with Crippen molar-refractivity contribution in [2.75, 3.05) is 0 Å². The molecule has 1 rings (SSSR count). The van der Waals surface area contributed by atoms with E-state index in [9.17, 15) is 4.79 Å². The molecule has 0 aliphatic heterocycles. The molecule has 0 aliphatic rings. The maximum absolute atomic E-state index is 11.3. The highest BCUT2D eigenvalue weighted by molar-refractivity contribution is 5.05. The number of hydrogen-bond donors (Lipinski definition) is 2. The molecule has 0 aliphatic carbocycles. The lowest BCUT2D eigenvalue weighted by Gasteiger charge is -2.08. The first-order chi connectivity index (χ1) is 6.67. The molecular formula is C10H17N3O. The molecule has 0 radical (unpaired) electrons. The molecule has 1 heterocycles. The topological polar surface area (TPSA) is 71.8 Å². The number of aromatic nitrogens is 2. The van der Waals surface area contributed by atoms with Crippen LogP contribution in [0.3, 0.4) is 0 Å². The highest BCUT2D eigenvalue weighted by Gasteiger charge is 2.07. The summed E-state index contributed by atoms with van der Waals surface area (Å²) in [7, 11) is 0. The molecule has 78 valence electrons. The van der Waals surface area contributed by atoms with Gasteiger partial charge in [-0.15, -0.1) is 0 Å². The number of hydrogen-bond acceptors (Lipinski definition) is 3. The lowest BCUT2D eigenvalue weighted by atomic mass is 10.2. The van der Waals surface area contributed by atoms with Gasteiger partial charge in [-0.1, -0.05) is 20.3 Å². The summed E-state index contributed by atoms with van der Waals surface area (Å²) < 4.78 is 0. The summed E-state index contributed by atoms with van der Waals surface area (Å²) in [6.45, 7) is 4.03. The first-order valence-electron chi connectivity index (χ1n) is 5.03. The van der Waals surface area contributed by atoms with Crippen molar-refractivity contribution in [3.05, 3.63) is 27.9 Å². The zero-order valence-electron chi connectivity index (χ0n) is 8.71. The van der Waals surface area contributed by atoms with E-state index in [1.165, 1.54) is 6.07 Å². The molecule has 4 heteroatoms. The third kappa shape index (κ3) is 2.67. The predicted octanol–water partition coefficient (Wildman–Crippen LogP) is 1.13. The maximum atomic E-state index is 11.3. The molecule has 0 aromatic carbocycles. The van der Waals surface area contributed by atoms with E-state index < -0.39 is 0 Å². The molecule has 1 aromatic rings. The van der Waals surface area contributed by atoms with Crippen LogP contribution in [0.5, 0.6) is 0 Å². The van der Waals surface area contributed by atoms with Crippen molar-refractivity contribution in [2.24, 2.45) is 5.73 Å². The van der Waals surface area contributed by atoms with Gasteiger partial charge in [0, 0.05) is 11.8 Å². The van der Waals surface area contributed by atoms with E-state index in [1.807, 2.05) is 6.92 Å². The predicted molar refractivity (Wildman–Crippen MR) is 56.1 cm³/mol. The van der Waals surface area contributed by atoms with Crippen LogP contribution < -0.4 is 11.3 Å². The van der Waals surface area contributed by atoms with Crippen LogP contribution in [-0.4, -0.2) is 9.97 Å². The maximum Gasteiger partial charge on any atom is 0.251 e. The van der Waals surface area contributed by atoms with Crippen molar-refractivity contribution in [1.29, 1.82) is 0 Å². The van der Waals surface area contributed by atoms with E-state index in [4.69, 9.17) is 5.73 Å². The minimum Gasteiger partial charge on any atom is -0.321 e. The third-order valence-electron chi connectivity index (χ3n) is 2.11. The molecule has 0 spiro atoms. The van der Waals surface area contributed by atoms with Crippen LogP contribution in [0.2, 0.25) is 0 Å². The molecule has 1 unspecified atom stereocenters. The normalized spacial score (nSPS) is 12.8. The molecule has 14 heavy (non-hydrogen) atoms. The van der Waals surface area contributed by atoms with Crippen LogP contribution >= 0.6 is 0 Å². The smallest absolute Gasteiger partial charge is 0.251 e. The number of aryl methyl sites for hydroxylation is 1. The highest BCUT2D eigenvalue weighted by atomic mass is 16.1. The highest BCUT2D eigenvalue weighted by Crippen LogP contribution is 2.07. The van der Waals surface area contributed by atoms with Crippen molar-refractivity contribution in [2.45, 2.75) is 39.2 Å². The van der Waals surface area contributed by atoms with Gasteiger partial charge in [-0.3, -0.25) is 4.79 Å². The van der Waals surface area contributed by atoms with Crippen molar-refractivity contribution in [1.82, 2.24) is 9.97 Å². The number of nitrogens with two attached hydrogens (primary N) is 1. The molecule has 0 saturated heterocycles. The molecule has 4 nitrogen and oxygen atoms in total. The number of H-pyrrole nitrogens is 1. The van der Waals surface area contributed by atoms with Crippen LogP contribution in [0, 0.1) is 0 Å². The van der Waals surface area contributed by atoms with E-state index >= 15 is 0 Å². The van der Waals surface area contributed by atoms with Crippen molar-refractivity contribution < 1.29 is 0 Å². The van der Waals surface area contributed by atoms with E-state index in [0.717, 1.165) is 25.0 Å². The van der Waals surface area contributed by atoms with Crippen molar-refractivity contribution in [3.63, 3.8) is 0 Å². The van der Waals surface area contributed by atoms with Gasteiger partial charge in [0.15, 0.2) is 0 Å². The van der Waals surface area contributed by atoms with Gasteiger partial charge < -0.3 is 10.7 Å². The summed E-state index contributed by atoms with van der Waals surface area (Å²) >= 11 is 0. The van der Waals surface area contributed by atoms with Gasteiger partial charge in [0.1, 0.15) is 5.82 Å². The van der Waals surface area contributed by atoms with Crippen LogP contribution in [0.1, 0.15) is 44.2 Å². The lowest BCUT2D eigenvalue weighted by molar-refractivity contribution is 0.636. The summed E-state index contributed by atoms with van der Waals surface area (Å²) in [5.41, 5.74) is 6.52. The molecule has 0 bridgehead atoms. The van der Waals surface area contributed by atoms with E-state index in [1.54, 1.807) is 0 Å². The number of nitrogens with zero attached hydrogens (tertiary/aromatic N) is 1. The molecule has 1 aromatic heterocycles. The van der Waals surface area contributed by atoms with Crippen molar-refractivity contribution in [3.8, 4) is 0 Å². The first kappa shape index (κ1) is 10.9. The standard InChI is InChI=1S/C10H17N3O/c1-3-5-7-6-9(14)13-10(12-7)8(11)4-2/h6,8H,3-5,11H2,1-2H3,(H,12,13,14). The Kier molecular flexibility index (Phi) is 3.83. The SMILES string of the molecule is CCCc1cc(=O)[nH]c(C(N)CC)n1. The second-order valence-corrected chi connectivity index (χ2v) is 3.39. The van der Waals surface area contributed by atoms with E-state index in [2.05, 4.69) is 16.9 Å². The molecular weight excluding hydrogens is 178 g/mol. The Morgan fingerprint density at radius 1 is 1.57 bits per heavy atom. The fourth-order valence-electron chi connectivity index (χ4n) is 1.28. The quantitative estimate of drug-likeness (QED) is 0.756. The van der Waals surface area contributed by atoms with Crippen LogP contribution in [0.25, 0.3) is 0 Å². The van der Waals surface area contributed by atoms with Crippen molar-refractivity contribution >= 4 is 0 Å². The lowest BCUT2D eigenvalue weighted by Crippen LogP contribution is -2.20. The molecule has 0 amide bonds. The Morgan fingerprint density at radius 3 is 2.86 bits per heavy atom. The molecule has 0 fully saturated rings. The Hall–Kier alpha value is -1.16. The Labute approximate surface area is 83.6 Å². The molecule has 3 N–H and O–H groups in total. The third-order valence-corrected chi connectivity index (χ3v) is 2.11. The average Bonchev–Trinajstić information content (AvgIpc) is 2.16. The second-order valence-electron chi connectivity index (χ2n) is 3.39. The Morgan fingerprint density at radius 2 is 2.29 bits per heavy atom. The molecule has 0 saturated carbocycles. The Bertz CT molecular complexity index is 345. The minimum absolute atomic E-state index is 0.109. The monoisotopic (exact) mass is 195 g/mol. The largest absolute Gasteiger partial charge is 0.321 e. The number of aromatic amines is 1. The zero-order chi connectivity index (χ0) is 10.6. The van der Waals surface area contributed by atoms with Gasteiger partial charge in [-0.25, -0.2) is 4.98 Å². The van der Waals surface area contributed by atoms with Gasteiger partial charge in [-0.2, -0.15) is 0 Å². The van der Waals surface area contributed by atoms with E-state index in [0.29, 0.717) is 5.82 Å². The number of nitrogens with one attached hydrogen (secondary N) is 1. The summed E-state index contributed by atoms with van der Waals surface area (Å²) in [6, 6.07) is 1.37. The van der Waals surface area contributed by atoms with Crippen LogP contribution in [0.4, 0.5) is 0 Å². The zero-order valence-corrected chi connectivity index (χ0v) is 8.71. The summed E-state index contributed by atoms with van der Waals surface area (Å²) in [6.07, 6.45) is 2.59. The first-order valence-corrected chi connectivity index (χ1v) is 5.03. The van der Waals surface area contributed by atoms with Gasteiger partial charge in [0.25, 0.3) is 5.56 Å². The Balaban J connectivity index is 3.00. The minimum atomic E-state index is -0.167. The fourth-order valence-corrected chi connectivity index (χ4v) is 1.28. The summed E-state index contributed by atoms with van der Waals surface area (Å²) in [4.78, 5) is 18.2. The second kappa shape index (κ2) is 4.91. The number of rotatable bonds is 4. The van der Waals surface area contributed by atoms with Gasteiger partial charge >= 0.3 is 0 Å². The van der Waals surface area contributed by atoms with Gasteiger partial charge in [0.2, 0.25) is 0 Å². The summed E-state index contributed by atoms with van der Waals surface area (Å²) in [5, 5.41) is 0. The van der Waals surface area contributed by atoms with E-state index in [-0.39, 0.29) is 11.6 Å². The molecule has 1 atom stereocenters.